The Morgan fingerprint density at radius 1 is 1.22 bits per heavy atom. The molecule has 1 aromatic carbocycles. The molecule has 0 amide bonds. The van der Waals surface area contributed by atoms with Crippen LogP contribution in [0.5, 0.6) is 5.75 Å². The first-order chi connectivity index (χ1) is 13.0. The number of fused-ring (bicyclic) bond motifs is 1. The zero-order chi connectivity index (χ0) is 19.4. The van der Waals surface area contributed by atoms with Crippen LogP contribution in [-0.4, -0.2) is 11.8 Å². The highest BCUT2D eigenvalue weighted by Crippen LogP contribution is 2.36. The lowest BCUT2D eigenvalue weighted by molar-refractivity contribution is -0.119. The summed E-state index contributed by atoms with van der Waals surface area (Å²) in [4.78, 5) is 13.1. The third kappa shape index (κ3) is 4.41. The highest BCUT2D eigenvalue weighted by molar-refractivity contribution is 6.23. The fourth-order valence-corrected chi connectivity index (χ4v) is 3.95. The molecule has 142 valence electrons. The van der Waals surface area contributed by atoms with Gasteiger partial charge in [0.2, 0.25) is 0 Å². The smallest absolute Gasteiger partial charge is 0.170 e. The van der Waals surface area contributed by atoms with E-state index in [0.29, 0.717) is 6.04 Å². The largest absolute Gasteiger partial charge is 0.462 e. The minimum atomic E-state index is 0.107. The van der Waals surface area contributed by atoms with Crippen LogP contribution in [0.2, 0.25) is 0 Å². The van der Waals surface area contributed by atoms with Crippen molar-refractivity contribution in [2.24, 2.45) is 5.92 Å². The Balaban J connectivity index is 1.84. The number of carbonyl (C=O) groups excluding carboxylic acids is 1. The molecule has 0 aromatic heterocycles. The quantitative estimate of drug-likeness (QED) is 0.549. The van der Waals surface area contributed by atoms with Gasteiger partial charge in [0.25, 0.3) is 0 Å². The lowest BCUT2D eigenvalue weighted by atomic mass is 9.75. The molecule has 1 aromatic rings. The molecule has 1 N–H and O–H groups in total. The zero-order valence-corrected chi connectivity index (χ0v) is 16.5. The molecular formula is C24H29NO2. The number of nitrogens with one attached hydrogen (secondary N) is 1. The number of carbonyl (C=O) groups is 1. The number of Topliss-reactive ketones (excluding diaryl/α,β-unsaturated/α-hetero) is 1. The van der Waals surface area contributed by atoms with Gasteiger partial charge in [-0.05, 0) is 57.4 Å². The van der Waals surface area contributed by atoms with Crippen molar-refractivity contribution >= 4 is 11.4 Å². The molecule has 0 radical (unpaired) electrons. The third-order valence-corrected chi connectivity index (χ3v) is 5.43. The Bertz CT molecular complexity index is 829. The first kappa shape index (κ1) is 19.2. The van der Waals surface area contributed by atoms with Crippen molar-refractivity contribution < 1.29 is 9.53 Å². The number of allylic oxidation sites excluding steroid dienone is 7. The molecule has 3 heteroatoms. The van der Waals surface area contributed by atoms with Gasteiger partial charge in [-0.25, -0.2) is 0 Å². The van der Waals surface area contributed by atoms with E-state index < -0.39 is 0 Å². The minimum absolute atomic E-state index is 0.107. The predicted octanol–water partition coefficient (Wildman–Crippen LogP) is 5.56. The van der Waals surface area contributed by atoms with E-state index in [-0.39, 0.29) is 11.7 Å². The summed E-state index contributed by atoms with van der Waals surface area (Å²) >= 11 is 0. The van der Waals surface area contributed by atoms with Gasteiger partial charge in [-0.1, -0.05) is 49.3 Å². The molecule has 27 heavy (non-hydrogen) atoms. The summed E-state index contributed by atoms with van der Waals surface area (Å²) in [7, 11) is 0. The molecule has 1 aliphatic heterocycles. The monoisotopic (exact) mass is 363 g/mol. The van der Waals surface area contributed by atoms with Crippen molar-refractivity contribution in [3.05, 3.63) is 71.7 Å². The molecule has 1 fully saturated rings. The molecule has 2 atom stereocenters. The first-order valence-corrected chi connectivity index (χ1v) is 9.77. The number of hydrogen-bond donors (Lipinski definition) is 1. The molecule has 3 nitrogen and oxygen atoms in total. The number of hydrogen-bond acceptors (Lipinski definition) is 3. The van der Waals surface area contributed by atoms with Gasteiger partial charge in [0.05, 0.1) is 0 Å². The van der Waals surface area contributed by atoms with Crippen LogP contribution in [0.1, 0.15) is 52.0 Å². The molecule has 1 aliphatic carbocycles. The van der Waals surface area contributed by atoms with Crippen molar-refractivity contribution in [1.29, 1.82) is 0 Å². The van der Waals surface area contributed by atoms with E-state index in [2.05, 4.69) is 11.9 Å². The van der Waals surface area contributed by atoms with Crippen LogP contribution in [0, 0.1) is 5.92 Å². The fourth-order valence-electron chi connectivity index (χ4n) is 3.95. The molecule has 0 saturated heterocycles. The van der Waals surface area contributed by atoms with Gasteiger partial charge in [-0.3, -0.25) is 4.79 Å². The number of rotatable bonds is 5. The standard InChI is InChI=1S/C24H29NO2/c1-5-16(2)13-14-17(3)27-20-10-8-9-19(15-20)23-18(4)25-22-12-7-6-11-21(22)24(23)26/h5,8-10,13-15,21-22,25H,1,6-7,11-12H2,2-4H3/b16-13-,17-14+. The molecule has 0 spiro atoms. The Labute approximate surface area is 162 Å². The van der Waals surface area contributed by atoms with Gasteiger partial charge in [0.15, 0.2) is 5.78 Å². The lowest BCUT2D eigenvalue weighted by Crippen LogP contribution is -2.46. The summed E-state index contributed by atoms with van der Waals surface area (Å²) in [5.41, 5.74) is 3.80. The highest BCUT2D eigenvalue weighted by Gasteiger charge is 2.37. The summed E-state index contributed by atoms with van der Waals surface area (Å²) in [5, 5.41) is 3.59. The van der Waals surface area contributed by atoms with Crippen molar-refractivity contribution in [1.82, 2.24) is 5.32 Å². The van der Waals surface area contributed by atoms with E-state index in [1.54, 1.807) is 6.08 Å². The van der Waals surface area contributed by atoms with Crippen LogP contribution in [0.4, 0.5) is 0 Å². The number of benzene rings is 1. The van der Waals surface area contributed by atoms with E-state index in [9.17, 15) is 4.79 Å². The molecule has 0 bridgehead atoms. The minimum Gasteiger partial charge on any atom is -0.462 e. The number of ether oxygens (including phenoxy) is 1. The highest BCUT2D eigenvalue weighted by atomic mass is 16.5. The topological polar surface area (TPSA) is 38.3 Å². The normalized spacial score (nSPS) is 23.6. The molecular weight excluding hydrogens is 334 g/mol. The molecule has 1 heterocycles. The SMILES string of the molecule is C=C/C(C)=C\C=C(/C)Oc1cccc(C2=C(C)NC3CCCCC3C2=O)c1. The molecule has 2 unspecified atom stereocenters. The van der Waals surface area contributed by atoms with Crippen molar-refractivity contribution in [3.63, 3.8) is 0 Å². The van der Waals surface area contributed by atoms with Gasteiger partial charge >= 0.3 is 0 Å². The van der Waals surface area contributed by atoms with E-state index >= 15 is 0 Å². The van der Waals surface area contributed by atoms with Crippen LogP contribution in [-0.2, 0) is 4.79 Å². The Kier molecular flexibility index (Phi) is 6.00. The van der Waals surface area contributed by atoms with Gasteiger partial charge < -0.3 is 10.1 Å². The van der Waals surface area contributed by atoms with Gasteiger partial charge in [-0.15, -0.1) is 0 Å². The van der Waals surface area contributed by atoms with Crippen LogP contribution in [0.15, 0.2) is 66.1 Å². The van der Waals surface area contributed by atoms with Gasteiger partial charge in [0, 0.05) is 23.2 Å². The van der Waals surface area contributed by atoms with Crippen LogP contribution in [0.25, 0.3) is 5.57 Å². The summed E-state index contributed by atoms with van der Waals surface area (Å²) in [6.45, 7) is 9.67. The summed E-state index contributed by atoms with van der Waals surface area (Å²) in [6, 6.07) is 8.13. The second-order valence-corrected chi connectivity index (χ2v) is 7.53. The second kappa shape index (κ2) is 8.43. The van der Waals surface area contributed by atoms with Gasteiger partial charge in [0.1, 0.15) is 11.5 Å². The van der Waals surface area contributed by atoms with Crippen molar-refractivity contribution in [2.45, 2.75) is 52.5 Å². The Morgan fingerprint density at radius 2 is 2.00 bits per heavy atom. The molecule has 2 aliphatic rings. The first-order valence-electron chi connectivity index (χ1n) is 9.77. The summed E-state index contributed by atoms with van der Waals surface area (Å²) < 4.78 is 5.95. The van der Waals surface area contributed by atoms with Gasteiger partial charge in [-0.2, -0.15) is 0 Å². The summed E-state index contributed by atoms with van der Waals surface area (Å²) in [6.07, 6.45) is 10.1. The lowest BCUT2D eigenvalue weighted by Gasteiger charge is -2.37. The zero-order valence-electron chi connectivity index (χ0n) is 16.5. The van der Waals surface area contributed by atoms with E-state index in [1.807, 2.05) is 57.2 Å². The maximum atomic E-state index is 13.1. The predicted molar refractivity (Wildman–Crippen MR) is 111 cm³/mol. The van der Waals surface area contributed by atoms with Crippen LogP contribution in [0.3, 0.4) is 0 Å². The van der Waals surface area contributed by atoms with E-state index in [0.717, 1.165) is 53.2 Å². The van der Waals surface area contributed by atoms with Crippen LogP contribution >= 0.6 is 0 Å². The maximum absolute atomic E-state index is 13.1. The average Bonchev–Trinajstić information content (AvgIpc) is 2.66. The maximum Gasteiger partial charge on any atom is 0.170 e. The Morgan fingerprint density at radius 3 is 2.78 bits per heavy atom. The molecule has 1 saturated carbocycles. The molecule has 3 rings (SSSR count). The fraction of sp³-hybridized carbons (Fsp3) is 0.375. The second-order valence-electron chi connectivity index (χ2n) is 7.53. The average molecular weight is 364 g/mol. The van der Waals surface area contributed by atoms with E-state index in [4.69, 9.17) is 4.74 Å². The van der Waals surface area contributed by atoms with Crippen molar-refractivity contribution in [2.75, 3.05) is 0 Å². The Hall–Kier alpha value is -2.55. The van der Waals surface area contributed by atoms with Crippen molar-refractivity contribution in [3.8, 4) is 5.75 Å². The third-order valence-electron chi connectivity index (χ3n) is 5.43. The van der Waals surface area contributed by atoms with E-state index in [1.165, 1.54) is 6.42 Å². The number of ketones is 1. The van der Waals surface area contributed by atoms with Crippen LogP contribution < -0.4 is 10.1 Å². The summed E-state index contributed by atoms with van der Waals surface area (Å²) in [5.74, 6) is 1.92.